The maximum atomic E-state index is 11.8. The number of unbranched alkanes of at least 4 members (excludes halogenated alkanes) is 13. The Bertz CT molecular complexity index is 360. The van der Waals surface area contributed by atoms with E-state index >= 15 is 0 Å². The fourth-order valence-corrected chi connectivity index (χ4v) is 4.12. The highest BCUT2D eigenvalue weighted by atomic mass is 35.5. The van der Waals surface area contributed by atoms with Gasteiger partial charge in [0.1, 0.15) is 0 Å². The highest BCUT2D eigenvalue weighted by molar-refractivity contribution is 5.77. The monoisotopic (exact) mass is 402 g/mol. The van der Waals surface area contributed by atoms with Gasteiger partial charge in [-0.2, -0.15) is 0 Å². The average Bonchev–Trinajstić information content (AvgIpc) is 2.99. The molecule has 1 rings (SSSR count). The van der Waals surface area contributed by atoms with Crippen LogP contribution in [0.15, 0.2) is 0 Å². The van der Waals surface area contributed by atoms with Gasteiger partial charge in [0.15, 0.2) is 6.67 Å². The van der Waals surface area contributed by atoms with E-state index in [2.05, 4.69) is 25.9 Å². The number of likely N-dealkylation sites (tertiary alicyclic amines) is 1. The van der Waals surface area contributed by atoms with E-state index in [9.17, 15) is 4.79 Å². The third-order valence-electron chi connectivity index (χ3n) is 5.84. The van der Waals surface area contributed by atoms with Gasteiger partial charge in [-0.1, -0.05) is 84.0 Å². The topological polar surface area (TPSA) is 20.3 Å². The van der Waals surface area contributed by atoms with E-state index in [1.54, 1.807) is 0 Å². The normalized spacial score (nSPS) is 14.6. The van der Waals surface area contributed by atoms with Crippen LogP contribution < -0.4 is 12.4 Å². The van der Waals surface area contributed by atoms with Crippen molar-refractivity contribution in [3.05, 3.63) is 0 Å². The van der Waals surface area contributed by atoms with Crippen molar-refractivity contribution >= 4 is 5.91 Å². The largest absolute Gasteiger partial charge is 1.00 e. The van der Waals surface area contributed by atoms with Crippen LogP contribution in [0.3, 0.4) is 0 Å². The fourth-order valence-electron chi connectivity index (χ4n) is 4.12. The van der Waals surface area contributed by atoms with Crippen molar-refractivity contribution in [2.75, 3.05) is 33.9 Å². The van der Waals surface area contributed by atoms with Crippen molar-refractivity contribution in [1.29, 1.82) is 0 Å². The van der Waals surface area contributed by atoms with Crippen LogP contribution >= 0.6 is 0 Å². The Kier molecular flexibility index (Phi) is 16.5. The van der Waals surface area contributed by atoms with Gasteiger partial charge in [-0.3, -0.25) is 9.69 Å². The molecule has 0 aliphatic carbocycles. The molecule has 0 spiro atoms. The van der Waals surface area contributed by atoms with Crippen LogP contribution in [0.1, 0.15) is 110 Å². The van der Waals surface area contributed by atoms with Crippen molar-refractivity contribution in [2.45, 2.75) is 110 Å². The number of rotatable bonds is 17. The molecule has 1 aliphatic rings. The first-order valence-corrected chi connectivity index (χ1v) is 11.6. The lowest BCUT2D eigenvalue weighted by Crippen LogP contribution is -3.00. The fraction of sp³-hybridized carbons (Fsp3) is 0.957. The standard InChI is InChI=1S/C23H47N2O.ClH/c1-4-5-6-7-8-9-10-11-12-13-14-15-16-17-21-25(2,3)22-24-20-18-19-23(24)26;/h4-22H2,1-3H3;1H/q+1;/p-1. The number of nitrogens with zero attached hydrogens (tertiary/aromatic N) is 2. The van der Waals surface area contributed by atoms with Crippen LogP contribution in [0.4, 0.5) is 0 Å². The molecule has 1 amide bonds. The molecule has 162 valence electrons. The molecule has 0 radical (unpaired) electrons. The maximum Gasteiger partial charge on any atom is 0.226 e. The summed E-state index contributed by atoms with van der Waals surface area (Å²) in [5.74, 6) is 0.358. The Balaban J connectivity index is 0.00000676. The zero-order valence-electron chi connectivity index (χ0n) is 18.6. The van der Waals surface area contributed by atoms with Crippen molar-refractivity contribution in [3.8, 4) is 0 Å². The second-order valence-corrected chi connectivity index (χ2v) is 9.16. The van der Waals surface area contributed by atoms with E-state index < -0.39 is 0 Å². The van der Waals surface area contributed by atoms with Crippen LogP contribution in [0.5, 0.6) is 0 Å². The zero-order valence-corrected chi connectivity index (χ0v) is 19.4. The van der Waals surface area contributed by atoms with E-state index in [4.69, 9.17) is 0 Å². The summed E-state index contributed by atoms with van der Waals surface area (Å²) in [5, 5.41) is 0. The summed E-state index contributed by atoms with van der Waals surface area (Å²) in [6, 6.07) is 0. The zero-order chi connectivity index (χ0) is 19.1. The molecular weight excluding hydrogens is 356 g/mol. The van der Waals surface area contributed by atoms with Crippen molar-refractivity contribution in [3.63, 3.8) is 0 Å². The molecule has 1 saturated heterocycles. The third-order valence-corrected chi connectivity index (χ3v) is 5.84. The van der Waals surface area contributed by atoms with Gasteiger partial charge in [0, 0.05) is 13.0 Å². The highest BCUT2D eigenvalue weighted by Gasteiger charge is 2.26. The summed E-state index contributed by atoms with van der Waals surface area (Å²) in [4.78, 5) is 13.8. The quantitative estimate of drug-likeness (QED) is 0.270. The highest BCUT2D eigenvalue weighted by Crippen LogP contribution is 2.15. The van der Waals surface area contributed by atoms with E-state index in [0.29, 0.717) is 5.91 Å². The number of hydrogen-bond acceptors (Lipinski definition) is 1. The number of carbonyl (C=O) groups is 1. The average molecular weight is 403 g/mol. The van der Waals surface area contributed by atoms with E-state index in [0.717, 1.165) is 30.5 Å². The van der Waals surface area contributed by atoms with Crippen molar-refractivity contribution < 1.29 is 21.7 Å². The van der Waals surface area contributed by atoms with Crippen LogP contribution in [-0.4, -0.2) is 49.1 Å². The first kappa shape index (κ1) is 26.7. The third kappa shape index (κ3) is 14.4. The number of hydrogen-bond donors (Lipinski definition) is 0. The Morgan fingerprint density at radius 1 is 0.778 bits per heavy atom. The first-order valence-electron chi connectivity index (χ1n) is 11.6. The van der Waals surface area contributed by atoms with Crippen LogP contribution in [0, 0.1) is 0 Å². The predicted molar refractivity (Wildman–Crippen MR) is 113 cm³/mol. The van der Waals surface area contributed by atoms with Gasteiger partial charge in [0.25, 0.3) is 0 Å². The summed E-state index contributed by atoms with van der Waals surface area (Å²) >= 11 is 0. The molecule has 27 heavy (non-hydrogen) atoms. The first-order chi connectivity index (χ1) is 12.5. The summed E-state index contributed by atoms with van der Waals surface area (Å²) in [5.41, 5.74) is 0. The van der Waals surface area contributed by atoms with E-state index in [1.807, 2.05) is 0 Å². The van der Waals surface area contributed by atoms with Gasteiger partial charge in [-0.25, -0.2) is 0 Å². The molecular formula is C23H47ClN2O. The molecule has 4 heteroatoms. The molecule has 0 unspecified atom stereocenters. The Hall–Kier alpha value is -0.280. The van der Waals surface area contributed by atoms with Gasteiger partial charge in [0.2, 0.25) is 5.91 Å². The van der Waals surface area contributed by atoms with Gasteiger partial charge >= 0.3 is 0 Å². The number of amides is 1. The number of carbonyl (C=O) groups excluding carboxylic acids is 1. The lowest BCUT2D eigenvalue weighted by atomic mass is 10.0. The number of quaternary nitrogens is 1. The molecule has 0 N–H and O–H groups in total. The molecule has 0 aromatic rings. The molecule has 0 bridgehead atoms. The van der Waals surface area contributed by atoms with Crippen LogP contribution in [0.25, 0.3) is 0 Å². The lowest BCUT2D eigenvalue weighted by Gasteiger charge is -2.33. The van der Waals surface area contributed by atoms with Gasteiger partial charge in [0.05, 0.1) is 20.6 Å². The SMILES string of the molecule is CCCCCCCCCCCCCCCC[N+](C)(C)CN1CCCC1=O.[Cl-]. The van der Waals surface area contributed by atoms with Crippen LogP contribution in [0.2, 0.25) is 0 Å². The van der Waals surface area contributed by atoms with Gasteiger partial charge in [-0.15, -0.1) is 0 Å². The van der Waals surface area contributed by atoms with E-state index in [1.165, 1.54) is 96.4 Å². The molecule has 0 aromatic heterocycles. The Morgan fingerprint density at radius 3 is 1.63 bits per heavy atom. The second kappa shape index (κ2) is 16.7. The predicted octanol–water partition coefficient (Wildman–Crippen LogP) is 3.13. The van der Waals surface area contributed by atoms with Crippen molar-refractivity contribution in [2.24, 2.45) is 0 Å². The van der Waals surface area contributed by atoms with Crippen LogP contribution in [-0.2, 0) is 4.79 Å². The maximum absolute atomic E-state index is 11.8. The van der Waals surface area contributed by atoms with E-state index in [-0.39, 0.29) is 12.4 Å². The molecule has 0 saturated carbocycles. The van der Waals surface area contributed by atoms with Gasteiger partial charge in [-0.05, 0) is 19.3 Å². The Morgan fingerprint density at radius 2 is 1.22 bits per heavy atom. The molecule has 1 fully saturated rings. The second-order valence-electron chi connectivity index (χ2n) is 9.16. The summed E-state index contributed by atoms with van der Waals surface area (Å²) < 4.78 is 0.962. The Labute approximate surface area is 176 Å². The minimum Gasteiger partial charge on any atom is -1.00 e. The minimum atomic E-state index is 0. The minimum absolute atomic E-state index is 0. The summed E-state index contributed by atoms with van der Waals surface area (Å²) in [6.07, 6.45) is 21.6. The summed E-state index contributed by atoms with van der Waals surface area (Å²) in [7, 11) is 4.54. The lowest BCUT2D eigenvalue weighted by molar-refractivity contribution is -0.899. The molecule has 1 heterocycles. The molecule has 1 aliphatic heterocycles. The summed E-state index contributed by atoms with van der Waals surface area (Å²) in [6.45, 7) is 5.36. The van der Waals surface area contributed by atoms with Crippen molar-refractivity contribution in [1.82, 2.24) is 4.90 Å². The van der Waals surface area contributed by atoms with Gasteiger partial charge < -0.3 is 16.9 Å². The molecule has 0 atom stereocenters. The molecule has 3 nitrogen and oxygen atoms in total. The smallest absolute Gasteiger partial charge is 0.226 e. The molecule has 0 aromatic carbocycles. The number of halogens is 1.